The highest BCUT2D eigenvalue weighted by molar-refractivity contribution is 6.32. The van der Waals surface area contributed by atoms with Crippen molar-refractivity contribution < 1.29 is 9.59 Å². The highest BCUT2D eigenvalue weighted by Crippen LogP contribution is 2.26. The molecule has 3 heterocycles. The van der Waals surface area contributed by atoms with Crippen molar-refractivity contribution in [3.63, 3.8) is 0 Å². The number of fused-ring (bicyclic) bond motifs is 1. The van der Waals surface area contributed by atoms with E-state index in [1.54, 1.807) is 37.5 Å². The molecule has 6 N–H and O–H groups in total. The second-order valence-corrected chi connectivity index (χ2v) is 7.43. The SMILES string of the molecule is C/C=C(\C=C1/C(=N)NN=C1c1cc2c(C(N)=O)cccc2[nH]1)c1cncc(NC(=O)CC)c1. The third-order valence-corrected chi connectivity index (χ3v) is 5.28. The van der Waals surface area contributed by atoms with Gasteiger partial charge in [0.05, 0.1) is 17.6 Å². The van der Waals surface area contributed by atoms with Gasteiger partial charge in [0.1, 0.15) is 11.5 Å². The average Bonchev–Trinajstić information content (AvgIpc) is 3.40. The number of hydrogen-bond donors (Lipinski definition) is 5. The summed E-state index contributed by atoms with van der Waals surface area (Å²) < 4.78 is 0. The number of aromatic amines is 1. The van der Waals surface area contributed by atoms with Gasteiger partial charge in [0.25, 0.3) is 0 Å². The van der Waals surface area contributed by atoms with E-state index in [-0.39, 0.29) is 11.7 Å². The maximum Gasteiger partial charge on any atom is 0.249 e. The third kappa shape index (κ3) is 4.29. The third-order valence-electron chi connectivity index (χ3n) is 5.28. The number of amides is 2. The summed E-state index contributed by atoms with van der Waals surface area (Å²) in [5, 5.41) is 16.2. The van der Waals surface area contributed by atoms with E-state index < -0.39 is 5.91 Å². The molecule has 4 rings (SSSR count). The molecule has 9 nitrogen and oxygen atoms in total. The van der Waals surface area contributed by atoms with E-state index in [0.717, 1.165) is 16.7 Å². The van der Waals surface area contributed by atoms with E-state index in [9.17, 15) is 9.59 Å². The predicted molar refractivity (Wildman–Crippen MR) is 129 cm³/mol. The Hall–Kier alpha value is -4.53. The summed E-state index contributed by atoms with van der Waals surface area (Å²) >= 11 is 0. The lowest BCUT2D eigenvalue weighted by Gasteiger charge is -2.08. The molecule has 2 amide bonds. The zero-order valence-electron chi connectivity index (χ0n) is 18.2. The zero-order valence-corrected chi connectivity index (χ0v) is 18.2. The van der Waals surface area contributed by atoms with E-state index in [1.165, 1.54) is 0 Å². The van der Waals surface area contributed by atoms with Crippen LogP contribution in [0.25, 0.3) is 16.5 Å². The molecule has 166 valence electrons. The van der Waals surface area contributed by atoms with Crippen LogP contribution in [0.5, 0.6) is 0 Å². The van der Waals surface area contributed by atoms with Crippen molar-refractivity contribution in [2.24, 2.45) is 10.8 Å². The molecule has 1 aliphatic rings. The first kappa shape index (κ1) is 21.7. The van der Waals surface area contributed by atoms with Gasteiger partial charge in [0, 0.05) is 40.2 Å². The summed E-state index contributed by atoms with van der Waals surface area (Å²) in [6.45, 7) is 3.67. The van der Waals surface area contributed by atoms with E-state index in [4.69, 9.17) is 11.1 Å². The van der Waals surface area contributed by atoms with Crippen LogP contribution in [0.1, 0.15) is 41.9 Å². The van der Waals surface area contributed by atoms with Crippen molar-refractivity contribution in [2.75, 3.05) is 5.32 Å². The number of primary amides is 1. The maximum absolute atomic E-state index is 11.8. The van der Waals surface area contributed by atoms with E-state index in [0.29, 0.717) is 40.0 Å². The second-order valence-electron chi connectivity index (χ2n) is 7.43. The summed E-state index contributed by atoms with van der Waals surface area (Å²) in [7, 11) is 0. The number of anilines is 1. The van der Waals surface area contributed by atoms with Gasteiger partial charge in [-0.2, -0.15) is 5.10 Å². The zero-order chi connectivity index (χ0) is 23.5. The Labute approximate surface area is 190 Å². The summed E-state index contributed by atoms with van der Waals surface area (Å²) in [4.78, 5) is 31.0. The molecular formula is C24H23N7O2. The van der Waals surface area contributed by atoms with Crippen LogP contribution in [0, 0.1) is 5.41 Å². The van der Waals surface area contributed by atoms with Crippen LogP contribution >= 0.6 is 0 Å². The molecule has 0 aliphatic carbocycles. The molecule has 0 fully saturated rings. The number of carbonyl (C=O) groups is 2. The Morgan fingerprint density at radius 1 is 1.24 bits per heavy atom. The quantitative estimate of drug-likeness (QED) is 0.399. The normalized spacial score (nSPS) is 15.0. The average molecular weight is 441 g/mol. The van der Waals surface area contributed by atoms with Crippen LogP contribution in [-0.2, 0) is 4.79 Å². The number of allylic oxidation sites excluding steroid dienone is 3. The molecule has 0 spiro atoms. The molecular weight excluding hydrogens is 418 g/mol. The molecule has 0 unspecified atom stereocenters. The Balaban J connectivity index is 1.72. The second kappa shape index (κ2) is 8.91. The molecule has 2 aromatic heterocycles. The molecule has 0 atom stereocenters. The van der Waals surface area contributed by atoms with E-state index in [2.05, 4.69) is 25.8 Å². The van der Waals surface area contributed by atoms with Gasteiger partial charge in [0.2, 0.25) is 11.8 Å². The summed E-state index contributed by atoms with van der Waals surface area (Å²) in [6.07, 6.45) is 7.39. The number of carbonyl (C=O) groups excluding carboxylic acids is 2. The Kier molecular flexibility index (Phi) is 5.86. The van der Waals surface area contributed by atoms with Gasteiger partial charge < -0.3 is 16.0 Å². The number of benzene rings is 1. The number of H-pyrrole nitrogens is 1. The number of nitrogens with zero attached hydrogens (tertiary/aromatic N) is 2. The van der Waals surface area contributed by atoms with Gasteiger partial charge in [-0.25, -0.2) is 0 Å². The number of aromatic nitrogens is 2. The number of rotatable bonds is 6. The summed E-state index contributed by atoms with van der Waals surface area (Å²) in [5.74, 6) is -0.471. The monoisotopic (exact) mass is 441 g/mol. The smallest absolute Gasteiger partial charge is 0.249 e. The maximum atomic E-state index is 11.8. The standard InChI is InChI=1S/C24H23N7O2/c1-3-13(14-8-15(12-27-11-14)28-21(32)4-2)9-18-22(30-31-23(18)25)20-10-17-16(24(26)33)6-5-7-19(17)29-20/h3,5-12,29H,4H2,1-2H3,(H2,25,31)(H2,26,33)(H,28,32)/b13-3+,18-9-. The Morgan fingerprint density at radius 3 is 2.79 bits per heavy atom. The topological polar surface area (TPSA) is 149 Å². The molecule has 0 saturated heterocycles. The fourth-order valence-corrected chi connectivity index (χ4v) is 3.60. The van der Waals surface area contributed by atoms with Crippen molar-refractivity contribution in [3.8, 4) is 0 Å². The van der Waals surface area contributed by atoms with Crippen LogP contribution in [0.15, 0.2) is 65.6 Å². The minimum absolute atomic E-state index is 0.0975. The molecule has 1 aliphatic heterocycles. The largest absolute Gasteiger partial charge is 0.366 e. The number of hydrogen-bond acceptors (Lipinski definition) is 5. The molecule has 3 aromatic rings. The van der Waals surface area contributed by atoms with Crippen molar-refractivity contribution in [1.29, 1.82) is 5.41 Å². The van der Waals surface area contributed by atoms with Crippen LogP contribution in [0.3, 0.4) is 0 Å². The molecule has 33 heavy (non-hydrogen) atoms. The van der Waals surface area contributed by atoms with E-state index in [1.807, 2.05) is 31.2 Å². The van der Waals surface area contributed by atoms with Crippen molar-refractivity contribution >= 4 is 45.5 Å². The Morgan fingerprint density at radius 2 is 2.06 bits per heavy atom. The van der Waals surface area contributed by atoms with Crippen LogP contribution in [0.2, 0.25) is 0 Å². The van der Waals surface area contributed by atoms with Crippen LogP contribution in [-0.4, -0.2) is 33.3 Å². The fraction of sp³-hybridized carbons (Fsp3) is 0.125. The lowest BCUT2D eigenvalue weighted by atomic mass is 9.99. The predicted octanol–water partition coefficient (Wildman–Crippen LogP) is 3.32. The van der Waals surface area contributed by atoms with E-state index >= 15 is 0 Å². The van der Waals surface area contributed by atoms with Crippen molar-refractivity contribution in [2.45, 2.75) is 20.3 Å². The van der Waals surface area contributed by atoms with Crippen molar-refractivity contribution in [3.05, 3.63) is 77.3 Å². The lowest BCUT2D eigenvalue weighted by Crippen LogP contribution is -2.13. The first-order valence-electron chi connectivity index (χ1n) is 10.4. The number of pyridine rings is 1. The molecule has 0 radical (unpaired) electrons. The minimum atomic E-state index is -0.514. The summed E-state index contributed by atoms with van der Waals surface area (Å²) in [5.41, 5.74) is 13.3. The highest BCUT2D eigenvalue weighted by Gasteiger charge is 2.24. The van der Waals surface area contributed by atoms with Gasteiger partial charge in [0.15, 0.2) is 0 Å². The number of hydrazone groups is 1. The van der Waals surface area contributed by atoms with Gasteiger partial charge in [-0.15, -0.1) is 0 Å². The fourth-order valence-electron chi connectivity index (χ4n) is 3.60. The first-order valence-corrected chi connectivity index (χ1v) is 10.4. The molecule has 0 saturated carbocycles. The van der Waals surface area contributed by atoms with Gasteiger partial charge in [-0.3, -0.25) is 25.4 Å². The molecule has 1 aromatic carbocycles. The first-order chi connectivity index (χ1) is 15.9. The molecule has 0 bridgehead atoms. The highest BCUT2D eigenvalue weighted by atomic mass is 16.1. The van der Waals surface area contributed by atoms with Crippen LogP contribution < -0.4 is 16.5 Å². The number of nitrogens with one attached hydrogen (secondary N) is 4. The number of amidine groups is 1. The van der Waals surface area contributed by atoms with Gasteiger partial charge in [-0.05, 0) is 42.8 Å². The Bertz CT molecular complexity index is 1380. The minimum Gasteiger partial charge on any atom is -0.366 e. The van der Waals surface area contributed by atoms with Crippen molar-refractivity contribution in [1.82, 2.24) is 15.4 Å². The van der Waals surface area contributed by atoms with Gasteiger partial charge >= 0.3 is 0 Å². The molecule has 9 heteroatoms. The number of nitrogens with two attached hydrogens (primary N) is 1. The summed E-state index contributed by atoms with van der Waals surface area (Å²) in [6, 6.07) is 8.91. The lowest BCUT2D eigenvalue weighted by molar-refractivity contribution is -0.115. The van der Waals surface area contributed by atoms with Crippen LogP contribution in [0.4, 0.5) is 5.69 Å². The van der Waals surface area contributed by atoms with Gasteiger partial charge in [-0.1, -0.05) is 19.1 Å².